The number of hydrogen-bond acceptors (Lipinski definition) is 10. The summed E-state index contributed by atoms with van der Waals surface area (Å²) in [6.45, 7) is 0.461. The number of aromatic nitrogens is 4. The molecule has 0 bridgehead atoms. The molecule has 1 aliphatic heterocycles. The van der Waals surface area contributed by atoms with Gasteiger partial charge in [0.15, 0.2) is 9.84 Å². The topological polar surface area (TPSA) is 145 Å². The summed E-state index contributed by atoms with van der Waals surface area (Å²) in [7, 11) is -2.30. The van der Waals surface area contributed by atoms with E-state index in [9.17, 15) is 21.6 Å². The molecule has 15 heteroatoms. The lowest BCUT2D eigenvalue weighted by molar-refractivity contribution is -0.158. The van der Waals surface area contributed by atoms with Gasteiger partial charge in [-0.2, -0.15) is 18.3 Å². The van der Waals surface area contributed by atoms with Crippen molar-refractivity contribution in [3.8, 4) is 22.7 Å². The summed E-state index contributed by atoms with van der Waals surface area (Å²) in [4.78, 5) is 11.1. The standard InChI is InChI=1S/C27H29F3N8O3S/c1-16(17-4-7-19(8-5-17)37-15-33-14-34-37)38-21-10-9-20(18-6-11-22(41-2)23(12-18)42(3,39)40)35-24(21)25(31)36(26(38)32)13-27(28,29)30/h4-12,14-16,25-26H,13,31-32H2,1-3H3. The van der Waals surface area contributed by atoms with Gasteiger partial charge in [-0.05, 0) is 55.0 Å². The molecule has 2 aromatic heterocycles. The van der Waals surface area contributed by atoms with Crippen molar-refractivity contribution in [1.29, 1.82) is 0 Å². The highest BCUT2D eigenvalue weighted by Crippen LogP contribution is 2.41. The van der Waals surface area contributed by atoms with Crippen molar-refractivity contribution in [3.05, 3.63) is 78.5 Å². The molecule has 0 saturated heterocycles. The molecule has 4 N–H and O–H groups in total. The van der Waals surface area contributed by atoms with E-state index < -0.39 is 41.1 Å². The quantitative estimate of drug-likeness (QED) is 0.323. The monoisotopic (exact) mass is 602 g/mol. The summed E-state index contributed by atoms with van der Waals surface area (Å²) in [6, 6.07) is 14.7. The number of nitrogens with zero attached hydrogens (tertiary/aromatic N) is 6. The number of rotatable bonds is 7. The summed E-state index contributed by atoms with van der Waals surface area (Å²) in [5, 5.41) is 4.11. The van der Waals surface area contributed by atoms with E-state index in [2.05, 4.69) is 15.1 Å². The number of halogens is 3. The largest absolute Gasteiger partial charge is 0.495 e. The molecule has 11 nitrogen and oxygen atoms in total. The number of pyridine rings is 1. The lowest BCUT2D eigenvalue weighted by Gasteiger charge is -2.49. The number of alkyl halides is 3. The van der Waals surface area contributed by atoms with E-state index in [1.165, 1.54) is 25.6 Å². The Balaban J connectivity index is 1.59. The van der Waals surface area contributed by atoms with Crippen molar-refractivity contribution in [2.24, 2.45) is 11.5 Å². The van der Waals surface area contributed by atoms with Gasteiger partial charge >= 0.3 is 6.18 Å². The molecule has 0 radical (unpaired) electrons. The Hall–Kier alpha value is -4.05. The summed E-state index contributed by atoms with van der Waals surface area (Å²) < 4.78 is 72.6. The van der Waals surface area contributed by atoms with Gasteiger partial charge in [-0.3, -0.25) is 5.73 Å². The van der Waals surface area contributed by atoms with Crippen molar-refractivity contribution in [3.63, 3.8) is 0 Å². The number of methoxy groups -OCH3 is 1. The molecule has 3 heterocycles. The van der Waals surface area contributed by atoms with Crippen LogP contribution in [0.25, 0.3) is 16.9 Å². The van der Waals surface area contributed by atoms with E-state index in [-0.39, 0.29) is 16.3 Å². The zero-order chi connectivity index (χ0) is 30.4. The van der Waals surface area contributed by atoms with E-state index in [0.717, 1.165) is 22.4 Å². The van der Waals surface area contributed by atoms with Crippen LogP contribution >= 0.6 is 0 Å². The molecule has 1 aliphatic rings. The smallest absolute Gasteiger partial charge is 0.401 e. The minimum atomic E-state index is -4.58. The Kier molecular flexibility index (Phi) is 7.70. The van der Waals surface area contributed by atoms with E-state index in [1.54, 1.807) is 34.1 Å². The molecule has 0 aliphatic carbocycles. The lowest BCUT2D eigenvalue weighted by atomic mass is 10.0. The van der Waals surface area contributed by atoms with Gasteiger partial charge in [0.1, 0.15) is 35.8 Å². The van der Waals surface area contributed by atoms with Crippen molar-refractivity contribution in [2.45, 2.75) is 36.5 Å². The number of hydrogen-bond donors (Lipinski definition) is 2. The molecular formula is C27H29F3N8O3S. The molecule has 3 atom stereocenters. The normalized spacial score (nSPS) is 18.5. The predicted molar refractivity (Wildman–Crippen MR) is 149 cm³/mol. The first-order valence-corrected chi connectivity index (χ1v) is 14.6. The van der Waals surface area contributed by atoms with Crippen molar-refractivity contribution < 1.29 is 26.3 Å². The minimum Gasteiger partial charge on any atom is -0.495 e. The molecule has 0 spiro atoms. The van der Waals surface area contributed by atoms with Crippen LogP contribution in [0.2, 0.25) is 0 Å². The molecule has 42 heavy (non-hydrogen) atoms. The Morgan fingerprint density at radius 1 is 1.07 bits per heavy atom. The van der Waals surface area contributed by atoms with E-state index in [0.29, 0.717) is 16.9 Å². The number of fused-ring (bicyclic) bond motifs is 1. The molecular weight excluding hydrogens is 573 g/mol. The van der Waals surface area contributed by atoms with Crippen molar-refractivity contribution in [1.82, 2.24) is 24.6 Å². The third kappa shape index (κ3) is 5.68. The molecule has 0 saturated carbocycles. The second kappa shape index (κ2) is 11.0. The third-order valence-corrected chi connectivity index (χ3v) is 8.26. The summed E-state index contributed by atoms with van der Waals surface area (Å²) >= 11 is 0. The molecule has 4 aromatic rings. The number of nitrogens with two attached hydrogens (primary N) is 2. The predicted octanol–water partition coefficient (Wildman–Crippen LogP) is 3.39. The fourth-order valence-electron chi connectivity index (χ4n) is 5.06. The molecule has 3 unspecified atom stereocenters. The first-order valence-electron chi connectivity index (χ1n) is 12.7. The molecule has 0 amide bonds. The Bertz CT molecular complexity index is 1680. The van der Waals surface area contributed by atoms with E-state index in [4.69, 9.17) is 16.2 Å². The van der Waals surface area contributed by atoms with Crippen LogP contribution in [0.3, 0.4) is 0 Å². The zero-order valence-electron chi connectivity index (χ0n) is 22.9. The summed E-state index contributed by atoms with van der Waals surface area (Å²) in [5.74, 6) is 0.160. The van der Waals surface area contributed by atoms with Crippen molar-refractivity contribution in [2.75, 3.05) is 24.8 Å². The van der Waals surface area contributed by atoms with Gasteiger partial charge in [-0.25, -0.2) is 28.0 Å². The van der Waals surface area contributed by atoms with Crippen LogP contribution in [0.4, 0.5) is 18.9 Å². The summed E-state index contributed by atoms with van der Waals surface area (Å²) in [6.07, 6.45) is -3.09. The van der Waals surface area contributed by atoms with Crippen LogP contribution in [-0.2, 0) is 9.84 Å². The fraction of sp³-hybridized carbons (Fsp3) is 0.296. The van der Waals surface area contributed by atoms with E-state index >= 15 is 0 Å². The molecule has 2 aromatic carbocycles. The zero-order valence-corrected chi connectivity index (χ0v) is 23.7. The highest BCUT2D eigenvalue weighted by molar-refractivity contribution is 7.90. The third-order valence-electron chi connectivity index (χ3n) is 7.14. The highest BCUT2D eigenvalue weighted by Gasteiger charge is 2.44. The van der Waals surface area contributed by atoms with Crippen LogP contribution in [-0.4, -0.2) is 65.4 Å². The van der Waals surface area contributed by atoms with Gasteiger partial charge in [0.05, 0.1) is 42.5 Å². The number of sulfone groups is 1. The Morgan fingerprint density at radius 2 is 1.79 bits per heavy atom. The number of ether oxygens (including phenoxy) is 1. The maximum atomic E-state index is 13.7. The van der Waals surface area contributed by atoms with Gasteiger partial charge in [0.2, 0.25) is 0 Å². The van der Waals surface area contributed by atoms with Gasteiger partial charge in [-0.1, -0.05) is 12.1 Å². The average Bonchev–Trinajstić information content (AvgIpc) is 3.49. The average molecular weight is 603 g/mol. The molecule has 0 fully saturated rings. The minimum absolute atomic E-state index is 0.0448. The maximum absolute atomic E-state index is 13.7. The van der Waals surface area contributed by atoms with Crippen LogP contribution in [0, 0.1) is 0 Å². The van der Waals surface area contributed by atoms with Crippen molar-refractivity contribution >= 4 is 15.5 Å². The molecule has 5 rings (SSSR count). The van der Waals surface area contributed by atoms with Gasteiger partial charge in [0.25, 0.3) is 0 Å². The van der Waals surface area contributed by atoms with Crippen LogP contribution in [0.1, 0.15) is 30.4 Å². The van der Waals surface area contributed by atoms with Gasteiger partial charge in [-0.15, -0.1) is 0 Å². The fourth-order valence-corrected chi connectivity index (χ4v) is 5.92. The number of benzene rings is 2. The first-order chi connectivity index (χ1) is 19.8. The number of anilines is 1. The van der Waals surface area contributed by atoms with Crippen LogP contribution < -0.4 is 21.1 Å². The maximum Gasteiger partial charge on any atom is 0.401 e. The van der Waals surface area contributed by atoms with Gasteiger partial charge < -0.3 is 15.4 Å². The Labute approximate surface area is 240 Å². The van der Waals surface area contributed by atoms with Crippen LogP contribution in [0.15, 0.2) is 72.1 Å². The second-order valence-electron chi connectivity index (χ2n) is 9.90. The summed E-state index contributed by atoms with van der Waals surface area (Å²) in [5.41, 5.74) is 15.8. The first kappa shape index (κ1) is 29.4. The highest BCUT2D eigenvalue weighted by atomic mass is 32.2. The SMILES string of the molecule is COc1ccc(-c2ccc3c(n2)C(N)N(CC(F)(F)F)C(N)N3C(C)c2ccc(-n3cncn3)cc2)cc1S(C)(=O)=O. The molecule has 222 valence electrons. The Morgan fingerprint density at radius 3 is 2.38 bits per heavy atom. The van der Waals surface area contributed by atoms with Crippen LogP contribution in [0.5, 0.6) is 5.75 Å². The lowest BCUT2D eigenvalue weighted by Crippen LogP contribution is -2.63. The van der Waals surface area contributed by atoms with E-state index in [1.807, 2.05) is 31.2 Å². The van der Waals surface area contributed by atoms with Gasteiger partial charge in [0, 0.05) is 11.8 Å². The second-order valence-corrected chi connectivity index (χ2v) is 11.9.